The number of carbonyl (C=O) groups excluding carboxylic acids is 3. The van der Waals surface area contributed by atoms with Crippen molar-refractivity contribution in [2.45, 2.75) is 181 Å². The minimum atomic E-state index is -0.828. The average molecular weight is 841 g/mol. The minimum Gasteiger partial charge on any atom is -0.462 e. The third kappa shape index (κ3) is 46.5. The van der Waals surface area contributed by atoms with E-state index in [2.05, 4.69) is 130 Å². The van der Waals surface area contributed by atoms with Gasteiger partial charge in [-0.15, -0.1) is 0 Å². The van der Waals surface area contributed by atoms with Gasteiger partial charge in [-0.2, -0.15) is 0 Å². The van der Waals surface area contributed by atoms with E-state index in [1.54, 1.807) is 0 Å². The first kappa shape index (κ1) is 56.5. The Labute approximate surface area is 373 Å². The monoisotopic (exact) mass is 841 g/mol. The van der Waals surface area contributed by atoms with Crippen LogP contribution in [0.15, 0.2) is 134 Å². The van der Waals surface area contributed by atoms with Crippen LogP contribution in [0.1, 0.15) is 175 Å². The molecule has 0 spiro atoms. The summed E-state index contributed by atoms with van der Waals surface area (Å²) < 4.78 is 16.6. The van der Waals surface area contributed by atoms with Gasteiger partial charge in [0.2, 0.25) is 0 Å². The maximum absolute atomic E-state index is 12.8. The second-order valence-corrected chi connectivity index (χ2v) is 15.0. The summed E-state index contributed by atoms with van der Waals surface area (Å²) in [5, 5.41) is 0. The van der Waals surface area contributed by atoms with E-state index in [0.29, 0.717) is 12.8 Å². The topological polar surface area (TPSA) is 78.9 Å². The maximum Gasteiger partial charge on any atom is 0.306 e. The SMILES string of the molecule is CC\C=C/C=C\C=C/C=C\CCCCCCCC(=O)OC(COC(=O)CCC/C=C\C/C=C\C/C=C\C/C=C\C/C=C\CC)COC(=O)CCCCC/C=C\C=C/CCCC. The third-order valence-corrected chi connectivity index (χ3v) is 9.24. The molecule has 0 saturated carbocycles. The molecule has 340 valence electrons. The van der Waals surface area contributed by atoms with Gasteiger partial charge in [0, 0.05) is 19.3 Å². The second-order valence-electron chi connectivity index (χ2n) is 15.0. The highest BCUT2D eigenvalue weighted by Gasteiger charge is 2.19. The van der Waals surface area contributed by atoms with Crippen LogP contribution in [0.3, 0.4) is 0 Å². The first-order chi connectivity index (χ1) is 30.0. The standard InChI is InChI=1S/C55H84O6/c1-4-7-10-13-16-19-22-24-26-27-29-30-33-36-39-42-45-48-54(57)60-51-52(50-59-53(56)47-44-41-38-35-32-21-18-15-12-9-6-3)61-55(58)49-46-43-40-37-34-31-28-25-23-20-17-14-11-8-5-2/h7-8,10-11,14-21,23-26,28-30,32,36,39,52H,4-6,9,12-13,22,27,31,33-35,37-38,40-51H2,1-3H3/b10-7-,11-8-,17-14-,18-15-,19-16-,23-20-,26-24-,28-25-,30-29-,32-21-,39-36-. The molecule has 0 N–H and O–H groups in total. The van der Waals surface area contributed by atoms with E-state index in [1.807, 2.05) is 24.3 Å². The Morgan fingerprint density at radius 3 is 1.28 bits per heavy atom. The predicted molar refractivity (Wildman–Crippen MR) is 260 cm³/mol. The van der Waals surface area contributed by atoms with Gasteiger partial charge >= 0.3 is 17.9 Å². The molecule has 0 amide bonds. The molecule has 0 rings (SSSR count). The van der Waals surface area contributed by atoms with Crippen molar-refractivity contribution in [1.82, 2.24) is 0 Å². The smallest absolute Gasteiger partial charge is 0.306 e. The molecule has 1 atom stereocenters. The van der Waals surface area contributed by atoms with Crippen molar-refractivity contribution < 1.29 is 28.6 Å². The van der Waals surface area contributed by atoms with Crippen molar-refractivity contribution in [3.63, 3.8) is 0 Å². The van der Waals surface area contributed by atoms with Crippen LogP contribution in [-0.2, 0) is 28.6 Å². The van der Waals surface area contributed by atoms with E-state index in [1.165, 1.54) is 12.8 Å². The first-order valence-corrected chi connectivity index (χ1v) is 23.8. The molecule has 0 bridgehead atoms. The van der Waals surface area contributed by atoms with Crippen LogP contribution in [0.2, 0.25) is 0 Å². The molecule has 61 heavy (non-hydrogen) atoms. The molecule has 6 nitrogen and oxygen atoms in total. The maximum atomic E-state index is 12.8. The highest BCUT2D eigenvalue weighted by atomic mass is 16.6. The Balaban J connectivity index is 4.58. The third-order valence-electron chi connectivity index (χ3n) is 9.24. The molecular formula is C55H84O6. The van der Waals surface area contributed by atoms with E-state index >= 15 is 0 Å². The Kier molecular flexibility index (Phi) is 44.7. The van der Waals surface area contributed by atoms with E-state index in [0.717, 1.165) is 116 Å². The van der Waals surface area contributed by atoms with Crippen molar-refractivity contribution >= 4 is 17.9 Å². The number of unbranched alkanes of at least 4 members (excludes halogenated alkanes) is 11. The largest absolute Gasteiger partial charge is 0.462 e. The summed E-state index contributed by atoms with van der Waals surface area (Å²) in [5.74, 6) is -1.05. The molecule has 0 aromatic rings. The minimum absolute atomic E-state index is 0.125. The van der Waals surface area contributed by atoms with Crippen molar-refractivity contribution in [2.75, 3.05) is 13.2 Å². The van der Waals surface area contributed by atoms with Crippen LogP contribution in [-0.4, -0.2) is 37.2 Å². The molecule has 0 aliphatic carbocycles. The number of carbonyl (C=O) groups is 3. The fraction of sp³-hybridized carbons (Fsp3) is 0.545. The lowest BCUT2D eigenvalue weighted by Crippen LogP contribution is -2.30. The molecule has 0 fully saturated rings. The molecule has 0 aromatic carbocycles. The number of esters is 3. The average Bonchev–Trinajstić information content (AvgIpc) is 3.26. The van der Waals surface area contributed by atoms with Crippen molar-refractivity contribution in [2.24, 2.45) is 0 Å². The molecule has 0 aromatic heterocycles. The predicted octanol–water partition coefficient (Wildman–Crippen LogP) is 15.5. The van der Waals surface area contributed by atoms with E-state index in [-0.39, 0.29) is 44.0 Å². The quantitative estimate of drug-likeness (QED) is 0.0201. The lowest BCUT2D eigenvalue weighted by atomic mass is 10.1. The zero-order valence-corrected chi connectivity index (χ0v) is 38.6. The summed E-state index contributed by atoms with van der Waals surface area (Å²) >= 11 is 0. The van der Waals surface area contributed by atoms with Gasteiger partial charge in [-0.25, -0.2) is 0 Å². The Hall–Kier alpha value is -4.45. The molecule has 0 aliphatic heterocycles. The van der Waals surface area contributed by atoms with Gasteiger partial charge in [0.25, 0.3) is 0 Å². The van der Waals surface area contributed by atoms with Crippen LogP contribution in [0, 0.1) is 0 Å². The van der Waals surface area contributed by atoms with Gasteiger partial charge in [-0.05, 0) is 96.3 Å². The van der Waals surface area contributed by atoms with Crippen LogP contribution in [0.5, 0.6) is 0 Å². The molecule has 0 saturated heterocycles. The van der Waals surface area contributed by atoms with Gasteiger partial charge in [-0.1, -0.05) is 193 Å². The van der Waals surface area contributed by atoms with Gasteiger partial charge < -0.3 is 14.2 Å². The van der Waals surface area contributed by atoms with E-state index < -0.39 is 6.10 Å². The Morgan fingerprint density at radius 1 is 0.361 bits per heavy atom. The normalized spacial score (nSPS) is 13.3. The highest BCUT2D eigenvalue weighted by molar-refractivity contribution is 5.71. The Morgan fingerprint density at radius 2 is 0.738 bits per heavy atom. The van der Waals surface area contributed by atoms with Gasteiger partial charge in [0.15, 0.2) is 6.10 Å². The van der Waals surface area contributed by atoms with Gasteiger partial charge in [-0.3, -0.25) is 14.4 Å². The van der Waals surface area contributed by atoms with Crippen molar-refractivity contribution in [1.29, 1.82) is 0 Å². The fourth-order valence-electron chi connectivity index (χ4n) is 5.70. The van der Waals surface area contributed by atoms with Gasteiger partial charge in [0.05, 0.1) is 0 Å². The fourth-order valence-corrected chi connectivity index (χ4v) is 5.70. The van der Waals surface area contributed by atoms with E-state index in [9.17, 15) is 14.4 Å². The highest BCUT2D eigenvalue weighted by Crippen LogP contribution is 2.11. The molecule has 0 heterocycles. The number of hydrogen-bond acceptors (Lipinski definition) is 6. The zero-order chi connectivity index (χ0) is 44.4. The number of rotatable bonds is 40. The molecule has 1 unspecified atom stereocenters. The number of ether oxygens (including phenoxy) is 3. The van der Waals surface area contributed by atoms with Crippen molar-refractivity contribution in [3.8, 4) is 0 Å². The summed E-state index contributed by atoms with van der Waals surface area (Å²) in [4.78, 5) is 37.8. The summed E-state index contributed by atoms with van der Waals surface area (Å²) in [5.41, 5.74) is 0. The van der Waals surface area contributed by atoms with Crippen LogP contribution in [0.25, 0.3) is 0 Å². The second kappa shape index (κ2) is 48.2. The van der Waals surface area contributed by atoms with Crippen LogP contribution >= 0.6 is 0 Å². The van der Waals surface area contributed by atoms with Crippen molar-refractivity contribution in [3.05, 3.63) is 134 Å². The number of hydrogen-bond donors (Lipinski definition) is 0. The molecular weight excluding hydrogens is 757 g/mol. The van der Waals surface area contributed by atoms with Crippen LogP contribution < -0.4 is 0 Å². The lowest BCUT2D eigenvalue weighted by Gasteiger charge is -2.18. The van der Waals surface area contributed by atoms with Crippen LogP contribution in [0.4, 0.5) is 0 Å². The summed E-state index contributed by atoms with van der Waals surface area (Å²) in [6, 6.07) is 0. The summed E-state index contributed by atoms with van der Waals surface area (Å²) in [6.07, 6.45) is 67.2. The zero-order valence-electron chi connectivity index (χ0n) is 38.6. The Bertz CT molecular complexity index is 1380. The van der Waals surface area contributed by atoms with Gasteiger partial charge in [0.1, 0.15) is 13.2 Å². The molecule has 6 heteroatoms. The lowest BCUT2D eigenvalue weighted by molar-refractivity contribution is -0.167. The first-order valence-electron chi connectivity index (χ1n) is 23.8. The molecule has 0 radical (unpaired) electrons. The van der Waals surface area contributed by atoms with E-state index in [4.69, 9.17) is 14.2 Å². The summed E-state index contributed by atoms with van der Waals surface area (Å²) in [7, 11) is 0. The summed E-state index contributed by atoms with van der Waals surface area (Å²) in [6.45, 7) is 6.20. The number of allylic oxidation sites excluding steroid dienone is 22. The molecule has 0 aliphatic rings.